The first-order valence-electron chi connectivity index (χ1n) is 3.66. The zero-order valence-corrected chi connectivity index (χ0v) is 7.11. The molecule has 0 spiro atoms. The Morgan fingerprint density at radius 1 is 1.42 bits per heavy atom. The number of hydrogen-bond acceptors (Lipinski definition) is 2. The second-order valence-corrected chi connectivity index (χ2v) is 2.38. The van der Waals surface area contributed by atoms with Crippen molar-refractivity contribution in [3.8, 4) is 0 Å². The van der Waals surface area contributed by atoms with Crippen LogP contribution in [-0.2, 0) is 0 Å². The van der Waals surface area contributed by atoms with E-state index in [-0.39, 0.29) is 0 Å². The second kappa shape index (κ2) is 3.71. The summed E-state index contributed by atoms with van der Waals surface area (Å²) in [5.74, 6) is 0. The van der Waals surface area contributed by atoms with Crippen molar-refractivity contribution >= 4 is 5.69 Å². The van der Waals surface area contributed by atoms with E-state index < -0.39 is 0 Å². The molecule has 1 N–H and O–H groups in total. The third kappa shape index (κ3) is 1.72. The summed E-state index contributed by atoms with van der Waals surface area (Å²) in [6, 6.07) is 7.28. The highest BCUT2D eigenvalue weighted by Gasteiger charge is 1.99. The van der Waals surface area contributed by atoms with Crippen LogP contribution in [0.4, 0.5) is 5.69 Å². The lowest BCUT2D eigenvalue weighted by Gasteiger charge is -2.06. The SMILES string of the molecule is CNN=[N+]([O-])c1ccccc1C. The highest BCUT2D eigenvalue weighted by atomic mass is 16.5. The molecule has 0 saturated carbocycles. The van der Waals surface area contributed by atoms with Crippen LogP contribution in [0.5, 0.6) is 0 Å². The Hall–Kier alpha value is -1.58. The lowest BCUT2D eigenvalue weighted by atomic mass is 10.2. The van der Waals surface area contributed by atoms with Crippen LogP contribution in [-0.4, -0.2) is 11.9 Å². The van der Waals surface area contributed by atoms with Gasteiger partial charge in [-0.1, -0.05) is 18.2 Å². The first kappa shape index (κ1) is 8.52. The highest BCUT2D eigenvalue weighted by Crippen LogP contribution is 2.15. The molecule has 12 heavy (non-hydrogen) atoms. The predicted molar refractivity (Wildman–Crippen MR) is 46.0 cm³/mol. The summed E-state index contributed by atoms with van der Waals surface area (Å²) < 4.78 is 0. The number of benzene rings is 1. The van der Waals surface area contributed by atoms with Gasteiger partial charge in [0.15, 0.2) is 5.69 Å². The molecule has 0 bridgehead atoms. The molecule has 4 heteroatoms. The molecule has 0 radical (unpaired) electrons. The van der Waals surface area contributed by atoms with Gasteiger partial charge in [-0.05, 0) is 18.6 Å². The van der Waals surface area contributed by atoms with Crippen molar-refractivity contribution in [1.82, 2.24) is 5.43 Å². The Kier molecular flexibility index (Phi) is 2.63. The van der Waals surface area contributed by atoms with Gasteiger partial charge in [-0.25, -0.2) is 0 Å². The topological polar surface area (TPSA) is 50.5 Å². The molecule has 0 heterocycles. The molecule has 0 aliphatic carbocycles. The molecule has 0 atom stereocenters. The van der Waals surface area contributed by atoms with Gasteiger partial charge in [0.1, 0.15) is 0 Å². The van der Waals surface area contributed by atoms with Crippen molar-refractivity contribution in [3.63, 3.8) is 0 Å². The Balaban J connectivity index is 3.02. The fourth-order valence-electron chi connectivity index (χ4n) is 0.923. The van der Waals surface area contributed by atoms with Gasteiger partial charge in [-0.2, -0.15) is 5.43 Å². The lowest BCUT2D eigenvalue weighted by molar-refractivity contribution is -0.448. The van der Waals surface area contributed by atoms with Gasteiger partial charge in [0.25, 0.3) is 0 Å². The van der Waals surface area contributed by atoms with Gasteiger partial charge < -0.3 is 5.21 Å². The molecule has 1 aromatic rings. The van der Waals surface area contributed by atoms with E-state index in [9.17, 15) is 5.21 Å². The molecular weight excluding hydrogens is 154 g/mol. The average Bonchev–Trinajstić information content (AvgIpc) is 2.05. The van der Waals surface area contributed by atoms with Crippen LogP contribution in [0.2, 0.25) is 0 Å². The fraction of sp³-hybridized carbons (Fsp3) is 0.250. The minimum atomic E-state index is 0.562. The van der Waals surface area contributed by atoms with Gasteiger partial charge in [0, 0.05) is 0 Å². The number of nitrogens with one attached hydrogen (secondary N) is 1. The molecule has 4 nitrogen and oxygen atoms in total. The maximum absolute atomic E-state index is 11.2. The number of rotatable bonds is 2. The van der Waals surface area contributed by atoms with Crippen LogP contribution < -0.4 is 5.43 Å². The van der Waals surface area contributed by atoms with E-state index in [4.69, 9.17) is 0 Å². The molecule has 64 valence electrons. The zero-order chi connectivity index (χ0) is 8.97. The van der Waals surface area contributed by atoms with E-state index in [1.807, 2.05) is 19.1 Å². The molecule has 0 aliphatic rings. The second-order valence-electron chi connectivity index (χ2n) is 2.38. The summed E-state index contributed by atoms with van der Waals surface area (Å²) in [5, 5.41) is 14.6. The van der Waals surface area contributed by atoms with Gasteiger partial charge in [-0.3, -0.25) is 0 Å². The predicted octanol–water partition coefficient (Wildman–Crippen LogP) is 1.72. The smallest absolute Gasteiger partial charge is 0.157 e. The molecular formula is C8H11N3O. The number of aryl methyl sites for hydroxylation is 1. The highest BCUT2D eigenvalue weighted by molar-refractivity contribution is 5.38. The number of hydrogen-bond donors (Lipinski definition) is 1. The Bertz CT molecular complexity index is 296. The molecule has 0 aromatic heterocycles. The van der Waals surface area contributed by atoms with E-state index in [1.165, 1.54) is 0 Å². The summed E-state index contributed by atoms with van der Waals surface area (Å²) in [7, 11) is 1.59. The van der Waals surface area contributed by atoms with Crippen molar-refractivity contribution in [1.29, 1.82) is 0 Å². The zero-order valence-electron chi connectivity index (χ0n) is 7.11. The fourth-order valence-corrected chi connectivity index (χ4v) is 0.923. The van der Waals surface area contributed by atoms with Crippen LogP contribution >= 0.6 is 0 Å². The largest absolute Gasteiger partial charge is 0.691 e. The van der Waals surface area contributed by atoms with Gasteiger partial charge in [-0.15, -0.1) is 4.86 Å². The molecule has 0 saturated heterocycles. The lowest BCUT2D eigenvalue weighted by Crippen LogP contribution is -2.02. The summed E-state index contributed by atoms with van der Waals surface area (Å²) in [6.45, 7) is 1.87. The standard InChI is InChI=1S/C8H11N3O/c1-7-5-3-4-6-8(7)11(12)10-9-2/h3-6,9H,1-2H3. The minimum Gasteiger partial charge on any atom is -0.691 e. The Labute approximate surface area is 71.1 Å². The molecule has 0 unspecified atom stereocenters. The minimum absolute atomic E-state index is 0.562. The molecule has 0 aliphatic heterocycles. The third-order valence-corrected chi connectivity index (χ3v) is 1.51. The van der Waals surface area contributed by atoms with Crippen molar-refractivity contribution in [2.75, 3.05) is 7.05 Å². The van der Waals surface area contributed by atoms with Crippen molar-refractivity contribution in [2.24, 2.45) is 5.22 Å². The first-order valence-corrected chi connectivity index (χ1v) is 3.66. The van der Waals surface area contributed by atoms with Gasteiger partial charge in [0.05, 0.1) is 12.3 Å². The molecule has 1 rings (SSSR count). The van der Waals surface area contributed by atoms with Gasteiger partial charge >= 0.3 is 0 Å². The molecule has 0 amide bonds. The average molecular weight is 165 g/mol. The summed E-state index contributed by atoms with van der Waals surface area (Å²) in [5.41, 5.74) is 3.90. The van der Waals surface area contributed by atoms with Crippen LogP contribution in [0.3, 0.4) is 0 Å². The van der Waals surface area contributed by atoms with Crippen molar-refractivity contribution in [2.45, 2.75) is 6.92 Å². The summed E-state index contributed by atoms with van der Waals surface area (Å²) in [4.78, 5) is 0.565. The van der Waals surface area contributed by atoms with Crippen LogP contribution in [0.25, 0.3) is 0 Å². The molecule has 1 aromatic carbocycles. The number of para-hydroxylation sites is 1. The normalized spacial score (nSPS) is 11.3. The van der Waals surface area contributed by atoms with Crippen LogP contribution in [0, 0.1) is 12.1 Å². The van der Waals surface area contributed by atoms with E-state index in [0.717, 1.165) is 5.56 Å². The van der Waals surface area contributed by atoms with Gasteiger partial charge in [0.2, 0.25) is 0 Å². The Morgan fingerprint density at radius 3 is 2.67 bits per heavy atom. The number of nitrogens with zero attached hydrogens (tertiary/aromatic N) is 2. The van der Waals surface area contributed by atoms with E-state index in [1.54, 1.807) is 19.2 Å². The van der Waals surface area contributed by atoms with E-state index in [0.29, 0.717) is 10.5 Å². The van der Waals surface area contributed by atoms with E-state index >= 15 is 0 Å². The quantitative estimate of drug-likeness (QED) is 0.412. The maximum Gasteiger partial charge on any atom is 0.157 e. The van der Waals surface area contributed by atoms with Crippen molar-refractivity contribution in [3.05, 3.63) is 35.0 Å². The van der Waals surface area contributed by atoms with E-state index in [2.05, 4.69) is 10.6 Å². The van der Waals surface area contributed by atoms with Crippen LogP contribution in [0.15, 0.2) is 29.5 Å². The van der Waals surface area contributed by atoms with Crippen molar-refractivity contribution < 1.29 is 4.86 Å². The molecule has 0 fully saturated rings. The monoisotopic (exact) mass is 165 g/mol. The summed E-state index contributed by atoms with van der Waals surface area (Å²) in [6.07, 6.45) is 0. The van der Waals surface area contributed by atoms with Crippen LogP contribution in [0.1, 0.15) is 5.56 Å². The Morgan fingerprint density at radius 2 is 2.08 bits per heavy atom. The maximum atomic E-state index is 11.2. The third-order valence-electron chi connectivity index (χ3n) is 1.51. The summed E-state index contributed by atoms with van der Waals surface area (Å²) >= 11 is 0. The first-order chi connectivity index (χ1) is 5.75.